The highest BCUT2D eigenvalue weighted by molar-refractivity contribution is 7.89. The van der Waals surface area contributed by atoms with E-state index in [-0.39, 0.29) is 11.9 Å². The van der Waals surface area contributed by atoms with E-state index in [1.807, 2.05) is 6.07 Å². The van der Waals surface area contributed by atoms with Crippen LogP contribution in [0.3, 0.4) is 0 Å². The third-order valence-corrected chi connectivity index (χ3v) is 7.14. The lowest BCUT2D eigenvalue weighted by atomic mass is 9.99. The second-order valence-corrected chi connectivity index (χ2v) is 8.79. The van der Waals surface area contributed by atoms with Crippen molar-refractivity contribution in [2.75, 3.05) is 33.4 Å². The maximum Gasteiger partial charge on any atom is 0.243 e. The van der Waals surface area contributed by atoms with Crippen molar-refractivity contribution in [2.24, 2.45) is 5.73 Å². The van der Waals surface area contributed by atoms with E-state index in [4.69, 9.17) is 10.5 Å². The van der Waals surface area contributed by atoms with E-state index >= 15 is 0 Å². The van der Waals surface area contributed by atoms with Crippen LogP contribution in [0.1, 0.15) is 30.4 Å². The number of benzene rings is 1. The monoisotopic (exact) mass is 381 g/mol. The Balaban J connectivity index is 1.84. The van der Waals surface area contributed by atoms with Gasteiger partial charge in [-0.2, -0.15) is 4.31 Å². The third kappa shape index (κ3) is 3.78. The number of carbonyl (C=O) groups is 1. The fraction of sp³-hybridized carbons (Fsp3) is 0.611. The zero-order chi connectivity index (χ0) is 18.7. The molecule has 0 unspecified atom stereocenters. The molecule has 1 atom stereocenters. The smallest absolute Gasteiger partial charge is 0.243 e. The van der Waals surface area contributed by atoms with E-state index in [1.165, 1.54) is 0 Å². The van der Waals surface area contributed by atoms with Gasteiger partial charge in [0.2, 0.25) is 15.9 Å². The summed E-state index contributed by atoms with van der Waals surface area (Å²) >= 11 is 0. The van der Waals surface area contributed by atoms with E-state index in [1.54, 1.807) is 28.4 Å². The molecule has 0 spiro atoms. The number of ether oxygens (including phenoxy) is 1. The van der Waals surface area contributed by atoms with Gasteiger partial charge in [0.1, 0.15) is 0 Å². The number of nitrogens with two attached hydrogens (primary N) is 1. The van der Waals surface area contributed by atoms with Crippen LogP contribution in [0.15, 0.2) is 23.1 Å². The molecule has 2 N–H and O–H groups in total. The Bertz CT molecular complexity index is 766. The highest BCUT2D eigenvalue weighted by atomic mass is 32.2. The Morgan fingerprint density at radius 2 is 2.12 bits per heavy atom. The predicted molar refractivity (Wildman–Crippen MR) is 98.0 cm³/mol. The van der Waals surface area contributed by atoms with Gasteiger partial charge in [-0.3, -0.25) is 4.79 Å². The van der Waals surface area contributed by atoms with Crippen LogP contribution < -0.4 is 5.73 Å². The summed E-state index contributed by atoms with van der Waals surface area (Å²) in [5.41, 5.74) is 7.49. The molecule has 0 bridgehead atoms. The summed E-state index contributed by atoms with van der Waals surface area (Å²) in [5.74, 6) is 0.0195. The quantitative estimate of drug-likeness (QED) is 0.784. The number of fused-ring (bicyclic) bond motifs is 1. The van der Waals surface area contributed by atoms with Gasteiger partial charge in [-0.15, -0.1) is 0 Å². The highest BCUT2D eigenvalue weighted by Gasteiger charge is 2.35. The summed E-state index contributed by atoms with van der Waals surface area (Å²) in [4.78, 5) is 14.2. The molecular formula is C18H27N3O4S. The summed E-state index contributed by atoms with van der Waals surface area (Å²) in [6.45, 7) is 2.35. The van der Waals surface area contributed by atoms with Crippen LogP contribution in [0, 0.1) is 0 Å². The Hall–Kier alpha value is -1.48. The average Bonchev–Trinajstić information content (AvgIpc) is 3.10. The average molecular weight is 381 g/mol. The summed E-state index contributed by atoms with van der Waals surface area (Å²) in [5, 5.41) is 0. The first-order valence-electron chi connectivity index (χ1n) is 9.08. The SMILES string of the molecule is COC[C@@H]1CCCN1S(=O)(=O)c1ccc2c(c1)CN(C(=O)CCN)CC2. The van der Waals surface area contributed by atoms with Crippen molar-refractivity contribution in [1.82, 2.24) is 9.21 Å². The molecule has 1 saturated heterocycles. The van der Waals surface area contributed by atoms with Gasteiger partial charge in [0.15, 0.2) is 0 Å². The van der Waals surface area contributed by atoms with Gasteiger partial charge < -0.3 is 15.4 Å². The number of hydrogen-bond acceptors (Lipinski definition) is 5. The largest absolute Gasteiger partial charge is 0.383 e. The molecule has 1 fully saturated rings. The minimum absolute atomic E-state index is 0.0195. The van der Waals surface area contributed by atoms with Crippen LogP contribution in [0.2, 0.25) is 0 Å². The molecule has 8 heteroatoms. The van der Waals surface area contributed by atoms with Crippen LogP contribution in [-0.2, 0) is 32.5 Å². The lowest BCUT2D eigenvalue weighted by Crippen LogP contribution is -2.39. The van der Waals surface area contributed by atoms with Gasteiger partial charge in [-0.1, -0.05) is 6.07 Å². The van der Waals surface area contributed by atoms with Crippen molar-refractivity contribution in [3.8, 4) is 0 Å². The molecule has 3 rings (SSSR count). The number of rotatable bonds is 6. The molecule has 0 saturated carbocycles. The Labute approximate surface area is 155 Å². The Morgan fingerprint density at radius 3 is 2.85 bits per heavy atom. The van der Waals surface area contributed by atoms with E-state index in [0.29, 0.717) is 44.1 Å². The second-order valence-electron chi connectivity index (χ2n) is 6.90. The van der Waals surface area contributed by atoms with Gasteiger partial charge >= 0.3 is 0 Å². The molecule has 1 aromatic carbocycles. The minimum Gasteiger partial charge on any atom is -0.383 e. The van der Waals surface area contributed by atoms with Gasteiger partial charge in [-0.25, -0.2) is 8.42 Å². The lowest BCUT2D eigenvalue weighted by Gasteiger charge is -2.30. The molecule has 26 heavy (non-hydrogen) atoms. The Kier molecular flexibility index (Phi) is 5.96. The maximum atomic E-state index is 13.1. The van der Waals surface area contributed by atoms with Crippen molar-refractivity contribution < 1.29 is 17.9 Å². The van der Waals surface area contributed by atoms with Crippen molar-refractivity contribution in [3.63, 3.8) is 0 Å². The lowest BCUT2D eigenvalue weighted by molar-refractivity contribution is -0.131. The van der Waals surface area contributed by atoms with E-state index in [0.717, 1.165) is 30.4 Å². The molecule has 144 valence electrons. The first-order valence-corrected chi connectivity index (χ1v) is 10.5. The number of hydrogen-bond donors (Lipinski definition) is 1. The van der Waals surface area contributed by atoms with Gasteiger partial charge in [0.25, 0.3) is 0 Å². The van der Waals surface area contributed by atoms with Crippen molar-refractivity contribution in [1.29, 1.82) is 0 Å². The third-order valence-electron chi connectivity index (χ3n) is 5.19. The maximum absolute atomic E-state index is 13.1. The molecule has 1 amide bonds. The molecule has 0 aromatic heterocycles. The van der Waals surface area contributed by atoms with Crippen LogP contribution in [0.25, 0.3) is 0 Å². The molecule has 7 nitrogen and oxygen atoms in total. The molecule has 2 heterocycles. The van der Waals surface area contributed by atoms with E-state index in [2.05, 4.69) is 0 Å². The van der Waals surface area contributed by atoms with Gasteiger partial charge in [0.05, 0.1) is 11.5 Å². The molecular weight excluding hydrogens is 354 g/mol. The number of amides is 1. The van der Waals surface area contributed by atoms with Crippen LogP contribution >= 0.6 is 0 Å². The zero-order valence-corrected chi connectivity index (χ0v) is 16.0. The van der Waals surface area contributed by atoms with Crippen LogP contribution in [0.4, 0.5) is 0 Å². The fourth-order valence-corrected chi connectivity index (χ4v) is 5.54. The number of sulfonamides is 1. The van der Waals surface area contributed by atoms with E-state index < -0.39 is 10.0 Å². The standard InChI is InChI=1S/C18H27N3O4S/c1-25-13-16-3-2-9-21(16)26(23,24)17-5-4-14-7-10-20(12-15(14)11-17)18(22)6-8-19/h4-5,11,16H,2-3,6-10,12-13,19H2,1H3/t16-/m0/s1. The predicted octanol–water partition coefficient (Wildman–Crippen LogP) is 0.720. The zero-order valence-electron chi connectivity index (χ0n) is 15.2. The van der Waals surface area contributed by atoms with Crippen molar-refractivity contribution in [2.45, 2.75) is 43.2 Å². The topological polar surface area (TPSA) is 92.9 Å². The minimum atomic E-state index is -3.56. The van der Waals surface area contributed by atoms with E-state index in [9.17, 15) is 13.2 Å². The van der Waals surface area contributed by atoms with Crippen LogP contribution in [-0.4, -0.2) is 62.9 Å². The first kappa shape index (κ1) is 19.3. The van der Waals surface area contributed by atoms with Gasteiger partial charge in [-0.05, 0) is 42.5 Å². The molecule has 2 aliphatic heterocycles. The summed E-state index contributed by atoms with van der Waals surface area (Å²) in [7, 11) is -1.97. The number of carbonyl (C=O) groups excluding carboxylic acids is 1. The van der Waals surface area contributed by atoms with Crippen molar-refractivity contribution >= 4 is 15.9 Å². The number of methoxy groups -OCH3 is 1. The molecule has 0 aliphatic carbocycles. The number of nitrogens with zero attached hydrogens (tertiary/aromatic N) is 2. The fourth-order valence-electron chi connectivity index (χ4n) is 3.81. The Morgan fingerprint density at radius 1 is 1.31 bits per heavy atom. The van der Waals surface area contributed by atoms with Crippen LogP contribution in [0.5, 0.6) is 0 Å². The summed E-state index contributed by atoms with van der Waals surface area (Å²) in [6.07, 6.45) is 2.72. The summed E-state index contributed by atoms with van der Waals surface area (Å²) < 4.78 is 32.9. The van der Waals surface area contributed by atoms with Gasteiger partial charge in [0, 0.05) is 45.8 Å². The summed E-state index contributed by atoms with van der Waals surface area (Å²) in [6, 6.07) is 5.19. The second kappa shape index (κ2) is 8.04. The van der Waals surface area contributed by atoms with Crippen molar-refractivity contribution in [3.05, 3.63) is 29.3 Å². The molecule has 0 radical (unpaired) electrons. The first-order chi connectivity index (χ1) is 12.5. The molecule has 2 aliphatic rings. The normalized spacial score (nSPS) is 21.0. The molecule has 1 aromatic rings. The highest BCUT2D eigenvalue weighted by Crippen LogP contribution is 2.29.